The second-order valence-corrected chi connectivity index (χ2v) is 2.26. The summed E-state index contributed by atoms with van der Waals surface area (Å²) in [6, 6.07) is 0. The van der Waals surface area contributed by atoms with Gasteiger partial charge in [-0.15, -0.1) is 0 Å². The van der Waals surface area contributed by atoms with Crippen LogP contribution < -0.4 is 0 Å². The average molecular weight is 173 g/mol. The van der Waals surface area contributed by atoms with Gasteiger partial charge in [0.15, 0.2) is 0 Å². The molecule has 0 aromatic heterocycles. The van der Waals surface area contributed by atoms with Crippen LogP contribution in [0.15, 0.2) is 0 Å². The molecule has 2 N–H and O–H groups in total. The standard InChI is InChI=1S/C6H12BNO4/c7-12-4-2-8(1-3-9)5-6(10)11/h9H,1-5H2,(H,10,11). The van der Waals surface area contributed by atoms with Crippen LogP contribution in [0.4, 0.5) is 0 Å². The van der Waals surface area contributed by atoms with Crippen LogP contribution >= 0.6 is 0 Å². The van der Waals surface area contributed by atoms with Crippen molar-refractivity contribution in [3.8, 4) is 0 Å². The van der Waals surface area contributed by atoms with Crippen LogP contribution in [0.1, 0.15) is 0 Å². The highest BCUT2D eigenvalue weighted by atomic mass is 16.4. The molecule has 0 unspecified atom stereocenters. The van der Waals surface area contributed by atoms with Crippen molar-refractivity contribution in [2.45, 2.75) is 0 Å². The van der Waals surface area contributed by atoms with E-state index in [0.717, 1.165) is 0 Å². The van der Waals surface area contributed by atoms with Gasteiger partial charge in [0.25, 0.3) is 8.05 Å². The van der Waals surface area contributed by atoms with Crippen molar-refractivity contribution in [1.29, 1.82) is 0 Å². The third-order valence-electron chi connectivity index (χ3n) is 1.30. The smallest absolute Gasteiger partial charge is 0.317 e. The summed E-state index contributed by atoms with van der Waals surface area (Å²) in [5, 5.41) is 17.0. The number of carboxylic acid groups (broad SMARTS) is 1. The van der Waals surface area contributed by atoms with Gasteiger partial charge < -0.3 is 14.9 Å². The fourth-order valence-electron chi connectivity index (χ4n) is 0.784. The Labute approximate surface area is 72.4 Å². The first-order valence-corrected chi connectivity index (χ1v) is 3.57. The van der Waals surface area contributed by atoms with E-state index >= 15 is 0 Å². The van der Waals surface area contributed by atoms with Gasteiger partial charge in [-0.2, -0.15) is 0 Å². The van der Waals surface area contributed by atoms with Crippen molar-refractivity contribution in [3.63, 3.8) is 0 Å². The highest BCUT2D eigenvalue weighted by Gasteiger charge is 2.07. The zero-order chi connectivity index (χ0) is 9.40. The molecule has 12 heavy (non-hydrogen) atoms. The average Bonchev–Trinajstić information content (AvgIpc) is 2.00. The van der Waals surface area contributed by atoms with Crippen LogP contribution in [0.3, 0.4) is 0 Å². The molecule has 0 aliphatic rings. The van der Waals surface area contributed by atoms with Gasteiger partial charge in [-0.05, 0) is 0 Å². The summed E-state index contributed by atoms with van der Waals surface area (Å²) in [5.74, 6) is -0.930. The molecule has 0 aliphatic heterocycles. The van der Waals surface area contributed by atoms with E-state index in [1.165, 1.54) is 4.90 Å². The largest absolute Gasteiger partial charge is 0.480 e. The molecular weight excluding hydrogens is 161 g/mol. The van der Waals surface area contributed by atoms with Crippen LogP contribution in [0.5, 0.6) is 0 Å². The lowest BCUT2D eigenvalue weighted by Crippen LogP contribution is -2.34. The first-order chi connectivity index (χ1) is 5.70. The van der Waals surface area contributed by atoms with E-state index in [2.05, 4.69) is 4.65 Å². The molecule has 0 heterocycles. The lowest BCUT2D eigenvalue weighted by atomic mass is 10.4. The predicted molar refractivity (Wildman–Crippen MR) is 42.9 cm³/mol. The Hall–Kier alpha value is -0.585. The third-order valence-corrected chi connectivity index (χ3v) is 1.30. The summed E-state index contributed by atoms with van der Waals surface area (Å²) in [7, 11) is 4.77. The van der Waals surface area contributed by atoms with Gasteiger partial charge in [-0.25, -0.2) is 0 Å². The summed E-state index contributed by atoms with van der Waals surface area (Å²) >= 11 is 0. The molecule has 0 aliphatic carbocycles. The SMILES string of the molecule is [B]OCCN(CCO)CC(=O)O. The molecule has 0 saturated heterocycles. The van der Waals surface area contributed by atoms with Crippen molar-refractivity contribution in [2.75, 3.05) is 32.8 Å². The van der Waals surface area contributed by atoms with Gasteiger partial charge in [-0.1, -0.05) is 0 Å². The van der Waals surface area contributed by atoms with E-state index in [4.69, 9.17) is 18.3 Å². The molecule has 0 fully saturated rings. The fraction of sp³-hybridized carbons (Fsp3) is 0.833. The Balaban J connectivity index is 3.61. The number of aliphatic hydroxyl groups is 1. The maximum atomic E-state index is 10.3. The van der Waals surface area contributed by atoms with Crippen LogP contribution in [-0.4, -0.2) is 62.0 Å². The third kappa shape index (κ3) is 6.15. The number of carbonyl (C=O) groups is 1. The molecule has 0 atom stereocenters. The van der Waals surface area contributed by atoms with Crippen molar-refractivity contribution >= 4 is 14.0 Å². The molecule has 2 radical (unpaired) electrons. The molecule has 6 heteroatoms. The van der Waals surface area contributed by atoms with Gasteiger partial charge in [0.1, 0.15) is 0 Å². The van der Waals surface area contributed by atoms with Crippen molar-refractivity contribution in [2.24, 2.45) is 0 Å². The predicted octanol–water partition coefficient (Wildman–Crippen LogP) is -1.53. The van der Waals surface area contributed by atoms with E-state index < -0.39 is 5.97 Å². The first kappa shape index (κ1) is 11.4. The van der Waals surface area contributed by atoms with Gasteiger partial charge in [0, 0.05) is 19.7 Å². The normalized spacial score (nSPS) is 10.5. The summed E-state index contributed by atoms with van der Waals surface area (Å²) in [4.78, 5) is 11.8. The number of hydrogen-bond acceptors (Lipinski definition) is 4. The number of nitrogens with zero attached hydrogens (tertiary/aromatic N) is 1. The Kier molecular flexibility index (Phi) is 6.74. The first-order valence-electron chi connectivity index (χ1n) is 3.57. The Morgan fingerprint density at radius 2 is 2.17 bits per heavy atom. The lowest BCUT2D eigenvalue weighted by Gasteiger charge is -2.17. The van der Waals surface area contributed by atoms with Gasteiger partial charge >= 0.3 is 5.97 Å². The summed E-state index contributed by atoms with van der Waals surface area (Å²) in [5.41, 5.74) is 0. The second-order valence-electron chi connectivity index (χ2n) is 2.26. The molecule has 0 amide bonds. The Bertz CT molecular complexity index is 133. The van der Waals surface area contributed by atoms with Crippen LogP contribution in [-0.2, 0) is 9.45 Å². The van der Waals surface area contributed by atoms with Crippen molar-refractivity contribution < 1.29 is 19.7 Å². The molecule has 5 nitrogen and oxygen atoms in total. The molecule has 0 saturated carbocycles. The Morgan fingerprint density at radius 3 is 2.58 bits per heavy atom. The fourth-order valence-corrected chi connectivity index (χ4v) is 0.784. The van der Waals surface area contributed by atoms with Crippen LogP contribution in [0.2, 0.25) is 0 Å². The molecule has 0 aromatic carbocycles. The summed E-state index contributed by atoms with van der Waals surface area (Å²) in [6.45, 7) is 0.800. The van der Waals surface area contributed by atoms with Crippen LogP contribution in [0, 0.1) is 0 Å². The van der Waals surface area contributed by atoms with Gasteiger partial charge in [-0.3, -0.25) is 9.69 Å². The van der Waals surface area contributed by atoms with E-state index in [9.17, 15) is 4.79 Å². The zero-order valence-corrected chi connectivity index (χ0v) is 6.77. The molecule has 0 bridgehead atoms. The number of aliphatic hydroxyl groups excluding tert-OH is 1. The van der Waals surface area contributed by atoms with Crippen LogP contribution in [0.25, 0.3) is 0 Å². The molecule has 68 valence electrons. The molecular formula is C6H12BNO4. The number of aliphatic carboxylic acids is 1. The monoisotopic (exact) mass is 173 g/mol. The van der Waals surface area contributed by atoms with E-state index in [0.29, 0.717) is 13.1 Å². The van der Waals surface area contributed by atoms with Crippen molar-refractivity contribution in [3.05, 3.63) is 0 Å². The minimum absolute atomic E-state index is 0.0716. The minimum atomic E-state index is -0.930. The highest BCUT2D eigenvalue weighted by Crippen LogP contribution is 1.87. The number of hydrogen-bond donors (Lipinski definition) is 2. The quantitative estimate of drug-likeness (QED) is 0.457. The van der Waals surface area contributed by atoms with Gasteiger partial charge in [0.05, 0.1) is 13.2 Å². The van der Waals surface area contributed by atoms with E-state index in [1.54, 1.807) is 0 Å². The van der Waals surface area contributed by atoms with Crippen molar-refractivity contribution in [1.82, 2.24) is 4.90 Å². The minimum Gasteiger partial charge on any atom is -0.480 e. The lowest BCUT2D eigenvalue weighted by molar-refractivity contribution is -0.138. The van der Waals surface area contributed by atoms with E-state index in [-0.39, 0.29) is 19.8 Å². The summed E-state index contributed by atoms with van der Waals surface area (Å²) < 4.78 is 4.28. The molecule has 0 spiro atoms. The maximum absolute atomic E-state index is 10.3. The highest BCUT2D eigenvalue weighted by molar-refractivity contribution is 5.97. The Morgan fingerprint density at radius 1 is 1.50 bits per heavy atom. The maximum Gasteiger partial charge on any atom is 0.317 e. The topological polar surface area (TPSA) is 70.0 Å². The van der Waals surface area contributed by atoms with Gasteiger partial charge in [0.2, 0.25) is 0 Å². The molecule has 0 aromatic rings. The van der Waals surface area contributed by atoms with E-state index in [1.807, 2.05) is 0 Å². The number of rotatable bonds is 7. The second kappa shape index (κ2) is 7.09. The molecule has 0 rings (SSSR count). The number of carboxylic acids is 1. The summed E-state index contributed by atoms with van der Waals surface area (Å²) in [6.07, 6.45) is 0. The zero-order valence-electron chi connectivity index (χ0n) is 6.77.